The van der Waals surface area contributed by atoms with Gasteiger partial charge in [-0.05, 0) is 19.1 Å². The number of nitrogens with zero attached hydrogens (tertiary/aromatic N) is 2. The molecule has 0 bridgehead atoms. The third-order valence-electron chi connectivity index (χ3n) is 1.82. The molecule has 0 fully saturated rings. The van der Waals surface area contributed by atoms with E-state index in [2.05, 4.69) is 9.97 Å². The van der Waals surface area contributed by atoms with Gasteiger partial charge in [-0.25, -0.2) is 9.97 Å². The van der Waals surface area contributed by atoms with Gasteiger partial charge in [0, 0.05) is 5.56 Å². The van der Waals surface area contributed by atoms with Crippen LogP contribution in [0.25, 0.3) is 10.7 Å². The van der Waals surface area contributed by atoms with Gasteiger partial charge in [0.05, 0.1) is 9.21 Å². The van der Waals surface area contributed by atoms with Crippen LogP contribution in [-0.2, 0) is 0 Å². The molecule has 2 nitrogen and oxygen atoms in total. The Morgan fingerprint density at radius 2 is 1.67 bits per heavy atom. The van der Waals surface area contributed by atoms with Gasteiger partial charge < -0.3 is 0 Å². The van der Waals surface area contributed by atoms with Crippen LogP contribution in [0.5, 0.6) is 0 Å². The molecule has 78 valence electrons. The summed E-state index contributed by atoms with van der Waals surface area (Å²) in [5.41, 5.74) is 0.685. The Balaban J connectivity index is 2.55. The normalized spacial score (nSPS) is 10.7. The van der Waals surface area contributed by atoms with Gasteiger partial charge in [-0.3, -0.25) is 0 Å². The highest BCUT2D eigenvalue weighted by atomic mass is 35.5. The lowest BCUT2D eigenvalue weighted by Gasteiger charge is -2.02. The first kappa shape index (κ1) is 11.1. The minimum Gasteiger partial charge on any atom is -0.215 e. The quantitative estimate of drug-likeness (QED) is 0.720. The second kappa shape index (κ2) is 4.26. The first-order valence-corrected chi connectivity index (χ1v) is 5.98. The van der Waals surface area contributed by atoms with E-state index in [4.69, 9.17) is 34.8 Å². The fourth-order valence-electron chi connectivity index (χ4n) is 1.01. The van der Waals surface area contributed by atoms with Crippen molar-refractivity contribution >= 4 is 46.1 Å². The number of aromatic nitrogens is 2. The molecule has 0 saturated carbocycles. The van der Waals surface area contributed by atoms with Crippen molar-refractivity contribution in [2.45, 2.75) is 6.92 Å². The van der Waals surface area contributed by atoms with Crippen molar-refractivity contribution in [3.05, 3.63) is 32.3 Å². The Labute approximate surface area is 106 Å². The zero-order valence-electron chi connectivity index (χ0n) is 7.59. The fourth-order valence-corrected chi connectivity index (χ4v) is 2.37. The molecule has 0 unspecified atom stereocenters. The van der Waals surface area contributed by atoms with Crippen LogP contribution in [0.3, 0.4) is 0 Å². The van der Waals surface area contributed by atoms with E-state index >= 15 is 0 Å². The lowest BCUT2D eigenvalue weighted by Crippen LogP contribution is -1.92. The molecule has 0 spiro atoms. The molecule has 0 amide bonds. The summed E-state index contributed by atoms with van der Waals surface area (Å²) in [5.74, 6) is 0.507. The fraction of sp³-hybridized carbons (Fsp3) is 0.111. The molecule has 6 heteroatoms. The number of halogens is 3. The van der Waals surface area contributed by atoms with Crippen LogP contribution in [0.2, 0.25) is 14.6 Å². The highest BCUT2D eigenvalue weighted by Crippen LogP contribution is 2.31. The van der Waals surface area contributed by atoms with Crippen LogP contribution in [-0.4, -0.2) is 9.97 Å². The van der Waals surface area contributed by atoms with E-state index in [0.29, 0.717) is 26.0 Å². The number of thiophene rings is 1. The Hall–Kier alpha value is -0.350. The Morgan fingerprint density at radius 1 is 1.07 bits per heavy atom. The minimum atomic E-state index is 0.370. The number of rotatable bonds is 1. The van der Waals surface area contributed by atoms with Gasteiger partial charge in [0.1, 0.15) is 10.3 Å². The summed E-state index contributed by atoms with van der Waals surface area (Å²) >= 11 is 19.0. The number of hydrogen-bond acceptors (Lipinski definition) is 3. The highest BCUT2D eigenvalue weighted by Gasteiger charge is 2.10. The third-order valence-corrected chi connectivity index (χ3v) is 3.78. The van der Waals surface area contributed by atoms with Crippen molar-refractivity contribution in [2.24, 2.45) is 0 Å². The average molecular weight is 280 g/mol. The maximum absolute atomic E-state index is 5.91. The molecule has 2 aromatic heterocycles. The molecule has 0 atom stereocenters. The lowest BCUT2D eigenvalue weighted by atomic mass is 10.3. The molecule has 2 rings (SSSR count). The third kappa shape index (κ3) is 2.26. The predicted molar refractivity (Wildman–Crippen MR) is 65.1 cm³/mol. The Morgan fingerprint density at radius 3 is 2.13 bits per heavy atom. The summed E-state index contributed by atoms with van der Waals surface area (Å²) in [6, 6.07) is 3.62. The van der Waals surface area contributed by atoms with Crippen LogP contribution in [0.1, 0.15) is 5.56 Å². The first-order valence-electron chi connectivity index (χ1n) is 4.03. The summed E-state index contributed by atoms with van der Waals surface area (Å²) in [4.78, 5) is 9.13. The van der Waals surface area contributed by atoms with Crippen molar-refractivity contribution in [1.29, 1.82) is 0 Å². The van der Waals surface area contributed by atoms with E-state index in [9.17, 15) is 0 Å². The molecule has 0 aliphatic rings. The van der Waals surface area contributed by atoms with Crippen LogP contribution >= 0.6 is 46.1 Å². The van der Waals surface area contributed by atoms with Gasteiger partial charge >= 0.3 is 0 Å². The molecule has 0 saturated heterocycles. The van der Waals surface area contributed by atoms with E-state index in [0.717, 1.165) is 4.88 Å². The van der Waals surface area contributed by atoms with Crippen LogP contribution in [0.15, 0.2) is 12.1 Å². The summed E-state index contributed by atoms with van der Waals surface area (Å²) in [7, 11) is 0. The largest absolute Gasteiger partial charge is 0.215 e. The van der Waals surface area contributed by atoms with Crippen molar-refractivity contribution < 1.29 is 0 Å². The highest BCUT2D eigenvalue weighted by molar-refractivity contribution is 7.19. The van der Waals surface area contributed by atoms with Crippen LogP contribution in [0, 0.1) is 6.92 Å². The molecular weight excluding hydrogens is 275 g/mol. The summed E-state index contributed by atoms with van der Waals surface area (Å²) in [6.45, 7) is 1.77. The zero-order chi connectivity index (χ0) is 11.0. The topological polar surface area (TPSA) is 25.8 Å². The maximum atomic E-state index is 5.91. The van der Waals surface area contributed by atoms with Gasteiger partial charge in [-0.1, -0.05) is 34.8 Å². The van der Waals surface area contributed by atoms with E-state index < -0.39 is 0 Å². The second-order valence-corrected chi connectivity index (χ2v) is 5.29. The number of hydrogen-bond donors (Lipinski definition) is 0. The SMILES string of the molecule is Cc1c(Cl)nc(-c2ccc(Cl)s2)nc1Cl. The lowest BCUT2D eigenvalue weighted by molar-refractivity contribution is 1.15. The Kier molecular flexibility index (Phi) is 3.16. The molecule has 15 heavy (non-hydrogen) atoms. The van der Waals surface area contributed by atoms with E-state index in [1.165, 1.54) is 11.3 Å². The molecule has 0 aromatic carbocycles. The maximum Gasteiger partial charge on any atom is 0.172 e. The molecule has 0 radical (unpaired) electrons. The zero-order valence-corrected chi connectivity index (χ0v) is 10.7. The van der Waals surface area contributed by atoms with Crippen LogP contribution < -0.4 is 0 Å². The van der Waals surface area contributed by atoms with Gasteiger partial charge in [0.2, 0.25) is 0 Å². The molecule has 0 N–H and O–H groups in total. The van der Waals surface area contributed by atoms with Gasteiger partial charge in [-0.2, -0.15) is 0 Å². The van der Waals surface area contributed by atoms with E-state index in [1.807, 2.05) is 6.07 Å². The predicted octanol–water partition coefficient (Wildman–Crippen LogP) is 4.47. The summed E-state index contributed by atoms with van der Waals surface area (Å²) in [6.07, 6.45) is 0. The first-order chi connectivity index (χ1) is 7.08. The second-order valence-electron chi connectivity index (χ2n) is 2.86. The van der Waals surface area contributed by atoms with Crippen molar-refractivity contribution in [2.75, 3.05) is 0 Å². The molecule has 2 heterocycles. The Bertz CT molecular complexity index is 487. The van der Waals surface area contributed by atoms with E-state index in [1.54, 1.807) is 13.0 Å². The van der Waals surface area contributed by atoms with Gasteiger partial charge in [0.15, 0.2) is 5.82 Å². The van der Waals surface area contributed by atoms with Crippen molar-refractivity contribution in [1.82, 2.24) is 9.97 Å². The molecule has 0 aliphatic carbocycles. The summed E-state index contributed by atoms with van der Waals surface area (Å²) < 4.78 is 0.682. The van der Waals surface area contributed by atoms with Crippen molar-refractivity contribution in [3.8, 4) is 10.7 Å². The van der Waals surface area contributed by atoms with E-state index in [-0.39, 0.29) is 0 Å². The molecular formula is C9H5Cl3N2S. The molecule has 2 aromatic rings. The van der Waals surface area contributed by atoms with Crippen molar-refractivity contribution in [3.63, 3.8) is 0 Å². The van der Waals surface area contributed by atoms with Crippen LogP contribution in [0.4, 0.5) is 0 Å². The average Bonchev–Trinajstić information content (AvgIpc) is 2.60. The molecule has 0 aliphatic heterocycles. The monoisotopic (exact) mass is 278 g/mol. The van der Waals surface area contributed by atoms with Gasteiger partial charge in [0.25, 0.3) is 0 Å². The van der Waals surface area contributed by atoms with Gasteiger partial charge in [-0.15, -0.1) is 11.3 Å². The standard InChI is InChI=1S/C9H5Cl3N2S/c1-4-7(11)13-9(14-8(4)12)5-2-3-6(10)15-5/h2-3H,1H3. The summed E-state index contributed by atoms with van der Waals surface area (Å²) in [5, 5.41) is 0.740. The smallest absolute Gasteiger partial charge is 0.172 e. The minimum absolute atomic E-state index is 0.370.